The minimum atomic E-state index is -0.344. The summed E-state index contributed by atoms with van der Waals surface area (Å²) in [6, 6.07) is 7.71. The van der Waals surface area contributed by atoms with Gasteiger partial charge in [0.05, 0.1) is 6.61 Å². The van der Waals surface area contributed by atoms with Crippen molar-refractivity contribution in [2.24, 2.45) is 5.92 Å². The monoisotopic (exact) mass is 306 g/mol. The van der Waals surface area contributed by atoms with Crippen molar-refractivity contribution >= 4 is 34.8 Å². The van der Waals surface area contributed by atoms with Crippen LogP contribution in [-0.4, -0.2) is 25.0 Å². The topological polar surface area (TPSA) is 9.23 Å². The van der Waals surface area contributed by atoms with Gasteiger partial charge >= 0.3 is 0 Å². The highest BCUT2D eigenvalue weighted by Gasteiger charge is 2.32. The van der Waals surface area contributed by atoms with Crippen molar-refractivity contribution in [3.05, 3.63) is 34.9 Å². The lowest BCUT2D eigenvalue weighted by Gasteiger charge is -2.30. The molecule has 1 nitrogen and oxygen atoms in total. The zero-order chi connectivity index (χ0) is 13.0. The van der Waals surface area contributed by atoms with E-state index in [2.05, 4.69) is 0 Å². The molecule has 1 aromatic carbocycles. The van der Waals surface area contributed by atoms with Crippen molar-refractivity contribution in [1.29, 1.82) is 0 Å². The van der Waals surface area contributed by atoms with E-state index in [0.717, 1.165) is 18.1 Å². The molecule has 2 rings (SSSR count). The fourth-order valence-corrected chi connectivity index (χ4v) is 2.81. The Balaban J connectivity index is 2.08. The van der Waals surface area contributed by atoms with Gasteiger partial charge in [0, 0.05) is 28.8 Å². The first-order valence-electron chi connectivity index (χ1n) is 6.16. The molecule has 100 valence electrons. The molecule has 1 aliphatic carbocycles. The maximum atomic E-state index is 6.13. The molecular formula is C14H17Cl3O. The Kier molecular flexibility index (Phi) is 5.20. The molecule has 1 aliphatic rings. The Morgan fingerprint density at radius 1 is 1.22 bits per heavy atom. The van der Waals surface area contributed by atoms with Crippen molar-refractivity contribution in [1.82, 2.24) is 0 Å². The molecule has 0 aliphatic heterocycles. The second-order valence-corrected chi connectivity index (χ2v) is 5.99. The minimum absolute atomic E-state index is 0.344. The summed E-state index contributed by atoms with van der Waals surface area (Å²) in [5.74, 6) is 1.61. The first kappa shape index (κ1) is 14.5. The molecule has 0 unspecified atom stereocenters. The number of ether oxygens (including phenoxy) is 1. The van der Waals surface area contributed by atoms with Crippen molar-refractivity contribution in [2.45, 2.75) is 18.3 Å². The van der Waals surface area contributed by atoms with Crippen LogP contribution in [0.4, 0.5) is 0 Å². The molecule has 0 bridgehead atoms. The normalized spacial score (nSPS) is 15.9. The summed E-state index contributed by atoms with van der Waals surface area (Å²) in [6.07, 6.45) is 2.57. The van der Waals surface area contributed by atoms with Crippen LogP contribution in [0.15, 0.2) is 24.3 Å². The van der Waals surface area contributed by atoms with Crippen LogP contribution in [0.2, 0.25) is 5.02 Å². The second-order valence-electron chi connectivity index (χ2n) is 5.02. The average Bonchev–Trinajstić information content (AvgIpc) is 3.19. The lowest BCUT2D eigenvalue weighted by molar-refractivity contribution is 0.0889. The largest absolute Gasteiger partial charge is 0.380 e. The Morgan fingerprint density at radius 3 is 2.50 bits per heavy atom. The zero-order valence-corrected chi connectivity index (χ0v) is 12.4. The van der Waals surface area contributed by atoms with E-state index in [1.165, 1.54) is 12.8 Å². The molecular weight excluding hydrogens is 291 g/mol. The highest BCUT2D eigenvalue weighted by atomic mass is 35.5. The predicted molar refractivity (Wildman–Crippen MR) is 78.1 cm³/mol. The van der Waals surface area contributed by atoms with E-state index in [4.69, 9.17) is 39.5 Å². The van der Waals surface area contributed by atoms with Crippen molar-refractivity contribution in [3.63, 3.8) is 0 Å². The van der Waals surface area contributed by atoms with Crippen molar-refractivity contribution in [2.75, 3.05) is 25.0 Å². The third-order valence-electron chi connectivity index (χ3n) is 3.38. The van der Waals surface area contributed by atoms with E-state index in [0.29, 0.717) is 23.4 Å². The van der Waals surface area contributed by atoms with Crippen LogP contribution in [0.1, 0.15) is 18.4 Å². The molecule has 1 aromatic rings. The first-order valence-corrected chi connectivity index (χ1v) is 7.60. The van der Waals surface area contributed by atoms with E-state index in [1.807, 2.05) is 24.3 Å². The van der Waals surface area contributed by atoms with Gasteiger partial charge in [0.25, 0.3) is 0 Å². The Labute approximate surface area is 123 Å². The third-order valence-corrected chi connectivity index (χ3v) is 4.64. The summed E-state index contributed by atoms with van der Waals surface area (Å²) in [5.41, 5.74) is 0.707. The highest BCUT2D eigenvalue weighted by Crippen LogP contribution is 2.32. The molecule has 0 atom stereocenters. The van der Waals surface area contributed by atoms with Gasteiger partial charge in [-0.2, -0.15) is 0 Å². The summed E-state index contributed by atoms with van der Waals surface area (Å²) in [7, 11) is 0. The van der Waals surface area contributed by atoms with Gasteiger partial charge in [-0.3, -0.25) is 0 Å². The van der Waals surface area contributed by atoms with Crippen LogP contribution < -0.4 is 0 Å². The maximum Gasteiger partial charge on any atom is 0.0586 e. The fraction of sp³-hybridized carbons (Fsp3) is 0.571. The Morgan fingerprint density at radius 2 is 1.94 bits per heavy atom. The SMILES string of the molecule is ClCC(CCl)(COCC1CC1)c1cccc(Cl)c1. The Bertz CT molecular complexity index is 386. The van der Waals surface area contributed by atoms with E-state index < -0.39 is 0 Å². The minimum Gasteiger partial charge on any atom is -0.380 e. The first-order chi connectivity index (χ1) is 8.70. The number of alkyl halides is 2. The van der Waals surface area contributed by atoms with Gasteiger partial charge < -0.3 is 4.74 Å². The van der Waals surface area contributed by atoms with E-state index >= 15 is 0 Å². The maximum absolute atomic E-state index is 6.13. The summed E-state index contributed by atoms with van der Waals surface area (Å²) in [5, 5.41) is 0.703. The molecule has 0 saturated heterocycles. The number of hydrogen-bond acceptors (Lipinski definition) is 1. The van der Waals surface area contributed by atoms with Gasteiger partial charge in [-0.15, -0.1) is 23.2 Å². The molecule has 0 aromatic heterocycles. The lowest BCUT2D eigenvalue weighted by Crippen LogP contribution is -2.36. The van der Waals surface area contributed by atoms with Crippen LogP contribution >= 0.6 is 34.8 Å². The number of hydrogen-bond donors (Lipinski definition) is 0. The zero-order valence-electron chi connectivity index (χ0n) is 10.2. The quantitative estimate of drug-likeness (QED) is 0.675. The highest BCUT2D eigenvalue weighted by molar-refractivity contribution is 6.30. The summed E-state index contributed by atoms with van der Waals surface area (Å²) < 4.78 is 5.79. The van der Waals surface area contributed by atoms with Crippen molar-refractivity contribution < 1.29 is 4.74 Å². The van der Waals surface area contributed by atoms with Gasteiger partial charge in [-0.1, -0.05) is 23.7 Å². The van der Waals surface area contributed by atoms with Crippen molar-refractivity contribution in [3.8, 4) is 0 Å². The van der Waals surface area contributed by atoms with Gasteiger partial charge in [0.1, 0.15) is 0 Å². The Hall–Kier alpha value is 0.0500. The molecule has 1 fully saturated rings. The van der Waals surface area contributed by atoms with Gasteiger partial charge in [-0.25, -0.2) is 0 Å². The van der Waals surface area contributed by atoms with E-state index in [9.17, 15) is 0 Å². The number of halogens is 3. The van der Waals surface area contributed by atoms with Crippen LogP contribution in [0.5, 0.6) is 0 Å². The molecule has 0 spiro atoms. The van der Waals surface area contributed by atoms with E-state index in [1.54, 1.807) is 0 Å². The van der Waals surface area contributed by atoms with Gasteiger partial charge in [-0.05, 0) is 36.5 Å². The van der Waals surface area contributed by atoms with Gasteiger partial charge in [0.2, 0.25) is 0 Å². The smallest absolute Gasteiger partial charge is 0.0586 e. The fourth-order valence-electron chi connectivity index (χ4n) is 1.87. The molecule has 0 radical (unpaired) electrons. The molecule has 18 heavy (non-hydrogen) atoms. The van der Waals surface area contributed by atoms with E-state index in [-0.39, 0.29) is 5.41 Å². The average molecular weight is 308 g/mol. The standard InChI is InChI=1S/C14H17Cl3O/c15-8-14(9-16,10-18-7-11-4-5-11)12-2-1-3-13(17)6-12/h1-3,6,11H,4-5,7-10H2. The second kappa shape index (κ2) is 6.47. The summed E-state index contributed by atoms with van der Waals surface area (Å²) >= 11 is 18.3. The molecule has 4 heteroatoms. The number of rotatable bonds is 7. The van der Waals surface area contributed by atoms with Crippen LogP contribution in [-0.2, 0) is 10.2 Å². The summed E-state index contributed by atoms with van der Waals surface area (Å²) in [4.78, 5) is 0. The molecule has 0 heterocycles. The lowest BCUT2D eigenvalue weighted by atomic mass is 9.85. The number of benzene rings is 1. The predicted octanol–water partition coefficient (Wildman–Crippen LogP) is 4.48. The van der Waals surface area contributed by atoms with Crippen LogP contribution in [0.25, 0.3) is 0 Å². The van der Waals surface area contributed by atoms with Crippen LogP contribution in [0.3, 0.4) is 0 Å². The van der Waals surface area contributed by atoms with Gasteiger partial charge in [0.15, 0.2) is 0 Å². The van der Waals surface area contributed by atoms with Crippen LogP contribution in [0, 0.1) is 5.92 Å². The summed E-state index contributed by atoms with van der Waals surface area (Å²) in [6.45, 7) is 1.37. The molecule has 0 N–H and O–H groups in total. The third kappa shape index (κ3) is 3.54. The molecule has 1 saturated carbocycles. The molecule has 0 amide bonds.